The van der Waals surface area contributed by atoms with Crippen molar-refractivity contribution < 1.29 is 19.1 Å². The zero-order chi connectivity index (χ0) is 18.2. The van der Waals surface area contributed by atoms with Crippen molar-refractivity contribution in [2.45, 2.75) is 11.8 Å². The monoisotopic (exact) mass is 360 g/mol. The highest BCUT2D eigenvalue weighted by Gasteiger charge is 2.13. The summed E-state index contributed by atoms with van der Waals surface area (Å²) in [5.74, 6) is 0.211. The Morgan fingerprint density at radius 3 is 2.44 bits per heavy atom. The fraction of sp³-hybridized carbons (Fsp3) is 0.222. The summed E-state index contributed by atoms with van der Waals surface area (Å²) in [4.78, 5) is 25.0. The second-order valence-electron chi connectivity index (χ2n) is 4.95. The molecule has 0 bridgehead atoms. The zero-order valence-electron chi connectivity index (χ0n) is 14.3. The Labute approximate surface area is 150 Å². The van der Waals surface area contributed by atoms with Crippen LogP contribution in [0.25, 0.3) is 0 Å². The molecule has 0 unspecified atom stereocenters. The fourth-order valence-electron chi connectivity index (χ4n) is 2.14. The van der Waals surface area contributed by atoms with Gasteiger partial charge in [0, 0.05) is 16.3 Å². The Morgan fingerprint density at radius 1 is 1.08 bits per heavy atom. The molecule has 0 atom stereocenters. The summed E-state index contributed by atoms with van der Waals surface area (Å²) in [5.41, 5.74) is 1.51. The number of amides is 2. The molecule has 0 spiro atoms. The first-order chi connectivity index (χ1) is 12.1. The van der Waals surface area contributed by atoms with E-state index in [-0.39, 0.29) is 12.5 Å². The Kier molecular flexibility index (Phi) is 6.71. The highest BCUT2D eigenvalue weighted by molar-refractivity contribution is 7.98. The molecule has 0 aliphatic rings. The van der Waals surface area contributed by atoms with Crippen LogP contribution in [0, 0.1) is 0 Å². The van der Waals surface area contributed by atoms with Gasteiger partial charge in [-0.25, -0.2) is 4.79 Å². The summed E-state index contributed by atoms with van der Waals surface area (Å²) in [6.45, 7) is 2.01. The lowest BCUT2D eigenvalue weighted by Crippen LogP contribution is -2.15. The van der Waals surface area contributed by atoms with Crippen molar-refractivity contribution in [1.82, 2.24) is 0 Å². The Balaban J connectivity index is 2.14. The predicted molar refractivity (Wildman–Crippen MR) is 99.8 cm³/mol. The van der Waals surface area contributed by atoms with Crippen LogP contribution in [0.4, 0.5) is 16.2 Å². The Morgan fingerprint density at radius 2 is 1.80 bits per heavy atom. The van der Waals surface area contributed by atoms with Crippen molar-refractivity contribution in [2.24, 2.45) is 0 Å². The highest BCUT2D eigenvalue weighted by Crippen LogP contribution is 2.26. The lowest BCUT2D eigenvalue weighted by atomic mass is 10.1. The molecule has 0 saturated heterocycles. The molecule has 0 aliphatic carbocycles. The second kappa shape index (κ2) is 8.98. The van der Waals surface area contributed by atoms with Crippen LogP contribution in [0.2, 0.25) is 0 Å². The van der Waals surface area contributed by atoms with E-state index in [1.807, 2.05) is 18.4 Å². The van der Waals surface area contributed by atoms with E-state index in [1.165, 1.54) is 7.11 Å². The Bertz CT molecular complexity index is 764. The summed E-state index contributed by atoms with van der Waals surface area (Å²) in [5, 5.41) is 5.39. The minimum atomic E-state index is -0.541. The van der Waals surface area contributed by atoms with E-state index in [2.05, 4.69) is 10.6 Å². The van der Waals surface area contributed by atoms with Crippen molar-refractivity contribution in [3.8, 4) is 5.75 Å². The van der Waals surface area contributed by atoms with Gasteiger partial charge in [0.2, 0.25) is 0 Å². The van der Waals surface area contributed by atoms with Crippen LogP contribution < -0.4 is 15.4 Å². The van der Waals surface area contributed by atoms with Crippen LogP contribution in [-0.4, -0.2) is 32.0 Å². The SMILES string of the molecule is CCOC(=O)Nc1cccc(NC(=O)c2ccc(SC)cc2OC)c1. The largest absolute Gasteiger partial charge is 0.496 e. The van der Waals surface area contributed by atoms with Gasteiger partial charge in [-0.2, -0.15) is 0 Å². The van der Waals surface area contributed by atoms with Gasteiger partial charge in [0.05, 0.1) is 19.3 Å². The number of carbonyl (C=O) groups is 2. The maximum atomic E-state index is 12.5. The molecule has 6 nitrogen and oxygen atoms in total. The third-order valence-electron chi connectivity index (χ3n) is 3.30. The molecule has 2 aromatic rings. The maximum Gasteiger partial charge on any atom is 0.411 e. The van der Waals surface area contributed by atoms with Gasteiger partial charge in [-0.15, -0.1) is 11.8 Å². The first-order valence-electron chi connectivity index (χ1n) is 7.64. The predicted octanol–water partition coefficient (Wildman–Crippen LogP) is 4.24. The minimum absolute atomic E-state index is 0.286. The van der Waals surface area contributed by atoms with Crippen molar-refractivity contribution >= 4 is 35.1 Å². The number of hydrogen-bond donors (Lipinski definition) is 2. The van der Waals surface area contributed by atoms with Gasteiger partial charge in [-0.05, 0) is 49.6 Å². The van der Waals surface area contributed by atoms with Crippen molar-refractivity contribution in [2.75, 3.05) is 30.6 Å². The molecule has 2 N–H and O–H groups in total. The van der Waals surface area contributed by atoms with Crippen molar-refractivity contribution in [1.29, 1.82) is 0 Å². The van der Waals surface area contributed by atoms with Gasteiger partial charge in [0.15, 0.2) is 0 Å². The van der Waals surface area contributed by atoms with Crippen LogP contribution in [0.1, 0.15) is 17.3 Å². The second-order valence-corrected chi connectivity index (χ2v) is 5.83. The van der Waals surface area contributed by atoms with E-state index >= 15 is 0 Å². The van der Waals surface area contributed by atoms with Crippen molar-refractivity contribution in [3.63, 3.8) is 0 Å². The van der Waals surface area contributed by atoms with Gasteiger partial charge in [-0.1, -0.05) is 6.07 Å². The molecule has 0 aromatic heterocycles. The number of rotatable bonds is 6. The highest BCUT2D eigenvalue weighted by atomic mass is 32.2. The molecular formula is C18H20N2O4S. The molecule has 2 aromatic carbocycles. The van der Waals surface area contributed by atoms with Gasteiger partial charge < -0.3 is 14.8 Å². The summed E-state index contributed by atoms with van der Waals surface area (Å²) in [6.07, 6.45) is 1.41. The van der Waals surface area contributed by atoms with Crippen LogP contribution in [-0.2, 0) is 4.74 Å². The average molecular weight is 360 g/mol. The standard InChI is InChI=1S/C18H20N2O4S/c1-4-24-18(22)20-13-7-5-6-12(10-13)19-17(21)15-9-8-14(25-3)11-16(15)23-2/h5-11H,4H2,1-3H3,(H,19,21)(H,20,22). The molecule has 2 rings (SSSR count). The van der Waals surface area contributed by atoms with Crippen LogP contribution in [0.15, 0.2) is 47.4 Å². The molecule has 25 heavy (non-hydrogen) atoms. The lowest BCUT2D eigenvalue weighted by Gasteiger charge is -2.11. The first-order valence-corrected chi connectivity index (χ1v) is 8.87. The zero-order valence-corrected chi connectivity index (χ0v) is 15.1. The number of nitrogens with one attached hydrogen (secondary N) is 2. The van der Waals surface area contributed by atoms with E-state index in [1.54, 1.807) is 49.0 Å². The number of thioether (sulfide) groups is 1. The topological polar surface area (TPSA) is 76.7 Å². The molecule has 0 radical (unpaired) electrons. The van der Waals surface area contributed by atoms with Gasteiger partial charge >= 0.3 is 6.09 Å². The number of carbonyl (C=O) groups excluding carboxylic acids is 2. The number of ether oxygens (including phenoxy) is 2. The minimum Gasteiger partial charge on any atom is -0.496 e. The molecule has 2 amide bonds. The number of methoxy groups -OCH3 is 1. The molecule has 0 saturated carbocycles. The van der Waals surface area contributed by atoms with E-state index in [0.717, 1.165) is 4.90 Å². The van der Waals surface area contributed by atoms with E-state index in [9.17, 15) is 9.59 Å². The third-order valence-corrected chi connectivity index (χ3v) is 4.02. The van der Waals surface area contributed by atoms with Crippen LogP contribution in [0.3, 0.4) is 0 Å². The number of benzene rings is 2. The molecule has 0 fully saturated rings. The van der Waals surface area contributed by atoms with Gasteiger partial charge in [-0.3, -0.25) is 10.1 Å². The molecular weight excluding hydrogens is 340 g/mol. The number of hydrogen-bond acceptors (Lipinski definition) is 5. The molecule has 7 heteroatoms. The Hall–Kier alpha value is -2.67. The molecule has 132 valence electrons. The summed E-state index contributed by atoms with van der Waals surface area (Å²) in [7, 11) is 1.53. The normalized spacial score (nSPS) is 10.0. The van der Waals surface area contributed by atoms with E-state index < -0.39 is 6.09 Å². The summed E-state index contributed by atoms with van der Waals surface area (Å²) < 4.78 is 10.1. The van der Waals surface area contributed by atoms with Gasteiger partial charge in [0.1, 0.15) is 5.75 Å². The molecule has 0 aliphatic heterocycles. The third kappa shape index (κ3) is 5.15. The smallest absolute Gasteiger partial charge is 0.411 e. The van der Waals surface area contributed by atoms with Crippen LogP contribution >= 0.6 is 11.8 Å². The maximum absolute atomic E-state index is 12.5. The first kappa shape index (κ1) is 18.7. The van der Waals surface area contributed by atoms with Gasteiger partial charge in [0.25, 0.3) is 5.91 Å². The quantitative estimate of drug-likeness (QED) is 0.754. The molecule has 0 heterocycles. The summed E-state index contributed by atoms with van der Waals surface area (Å²) in [6, 6.07) is 12.2. The van der Waals surface area contributed by atoms with Crippen molar-refractivity contribution in [3.05, 3.63) is 48.0 Å². The lowest BCUT2D eigenvalue weighted by molar-refractivity contribution is 0.102. The summed E-state index contributed by atoms with van der Waals surface area (Å²) >= 11 is 1.57. The fourth-order valence-corrected chi connectivity index (χ4v) is 2.57. The van der Waals surface area contributed by atoms with Crippen LogP contribution in [0.5, 0.6) is 5.75 Å². The van der Waals surface area contributed by atoms with E-state index in [0.29, 0.717) is 22.7 Å². The average Bonchev–Trinajstić information content (AvgIpc) is 2.61. The number of anilines is 2. The van der Waals surface area contributed by atoms with E-state index in [4.69, 9.17) is 9.47 Å².